The Morgan fingerprint density at radius 1 is 1.61 bits per heavy atom. The zero-order chi connectivity index (χ0) is 13.1. The lowest BCUT2D eigenvalue weighted by Gasteiger charge is -2.39. The molecule has 1 fully saturated rings. The quantitative estimate of drug-likeness (QED) is 0.633. The van der Waals surface area contributed by atoms with E-state index in [2.05, 4.69) is 22.1 Å². The molecule has 18 heavy (non-hydrogen) atoms. The molecule has 1 aromatic rings. The maximum absolute atomic E-state index is 10.7. The lowest BCUT2D eigenvalue weighted by molar-refractivity contribution is -0.385. The minimum Gasteiger partial charge on any atom is -0.351 e. The van der Waals surface area contributed by atoms with Crippen LogP contribution in [0.15, 0.2) is 12.3 Å². The second-order valence-corrected chi connectivity index (χ2v) is 4.60. The van der Waals surface area contributed by atoms with Crippen LogP contribution in [-0.4, -0.2) is 35.6 Å². The van der Waals surface area contributed by atoms with Crippen molar-refractivity contribution in [2.45, 2.75) is 26.3 Å². The molecule has 1 aromatic heterocycles. The smallest absolute Gasteiger partial charge is 0.287 e. The Morgan fingerprint density at radius 2 is 2.33 bits per heavy atom. The van der Waals surface area contributed by atoms with Crippen LogP contribution in [0, 0.1) is 17.0 Å². The molecule has 1 aliphatic rings. The number of nitro groups is 1. The maximum atomic E-state index is 10.7. The van der Waals surface area contributed by atoms with Crippen molar-refractivity contribution in [1.29, 1.82) is 0 Å². The third kappa shape index (κ3) is 2.43. The van der Waals surface area contributed by atoms with E-state index in [-0.39, 0.29) is 5.69 Å². The Kier molecular flexibility index (Phi) is 3.76. The van der Waals surface area contributed by atoms with Crippen molar-refractivity contribution < 1.29 is 4.92 Å². The first-order chi connectivity index (χ1) is 8.63. The van der Waals surface area contributed by atoms with Gasteiger partial charge in [-0.3, -0.25) is 10.1 Å². The van der Waals surface area contributed by atoms with Gasteiger partial charge in [-0.2, -0.15) is 0 Å². The van der Waals surface area contributed by atoms with Crippen LogP contribution in [0.5, 0.6) is 0 Å². The highest BCUT2D eigenvalue weighted by molar-refractivity contribution is 5.51. The topological polar surface area (TPSA) is 71.3 Å². The van der Waals surface area contributed by atoms with E-state index in [1.807, 2.05) is 6.92 Å². The molecule has 1 aliphatic heterocycles. The minimum absolute atomic E-state index is 0.0550. The summed E-state index contributed by atoms with van der Waals surface area (Å²) in [7, 11) is 0. The number of pyridine rings is 1. The summed E-state index contributed by atoms with van der Waals surface area (Å²) >= 11 is 0. The van der Waals surface area contributed by atoms with E-state index < -0.39 is 4.92 Å². The van der Waals surface area contributed by atoms with Crippen LogP contribution >= 0.6 is 0 Å². The van der Waals surface area contributed by atoms with Crippen molar-refractivity contribution >= 4 is 11.5 Å². The third-order valence-corrected chi connectivity index (χ3v) is 3.18. The number of hydrogen-bond acceptors (Lipinski definition) is 5. The first kappa shape index (κ1) is 12.8. The summed E-state index contributed by atoms with van der Waals surface area (Å²) in [5.41, 5.74) is 0.920. The fourth-order valence-corrected chi connectivity index (χ4v) is 2.15. The number of aryl methyl sites for hydroxylation is 1. The van der Waals surface area contributed by atoms with Crippen molar-refractivity contribution in [3.63, 3.8) is 0 Å². The molecule has 0 unspecified atom stereocenters. The van der Waals surface area contributed by atoms with Gasteiger partial charge < -0.3 is 10.2 Å². The predicted octanol–water partition coefficient (Wildman–Crippen LogP) is 1.49. The van der Waals surface area contributed by atoms with Gasteiger partial charge in [-0.15, -0.1) is 0 Å². The molecule has 0 aromatic carbocycles. The summed E-state index contributed by atoms with van der Waals surface area (Å²) < 4.78 is 0. The average molecular weight is 250 g/mol. The minimum atomic E-state index is -0.404. The summed E-state index contributed by atoms with van der Waals surface area (Å²) in [6.07, 6.45) is 2.38. The number of nitrogens with zero attached hydrogens (tertiary/aromatic N) is 3. The Balaban J connectivity index is 2.26. The van der Waals surface area contributed by atoms with Crippen LogP contribution < -0.4 is 10.2 Å². The van der Waals surface area contributed by atoms with E-state index in [0.29, 0.717) is 6.04 Å². The molecule has 98 valence electrons. The molecular weight excluding hydrogens is 232 g/mol. The molecule has 0 spiro atoms. The molecule has 6 heteroatoms. The van der Waals surface area contributed by atoms with Gasteiger partial charge in [0.1, 0.15) is 12.0 Å². The Hall–Kier alpha value is -1.69. The molecule has 6 nitrogen and oxygen atoms in total. The van der Waals surface area contributed by atoms with Gasteiger partial charge in [-0.05, 0) is 18.9 Å². The molecule has 1 N–H and O–H groups in total. The number of rotatable bonds is 5. The summed E-state index contributed by atoms with van der Waals surface area (Å²) in [5, 5.41) is 13.9. The molecule has 0 amide bonds. The highest BCUT2D eigenvalue weighted by Gasteiger charge is 2.26. The summed E-state index contributed by atoms with van der Waals surface area (Å²) in [6.45, 7) is 6.85. The Labute approximate surface area is 106 Å². The van der Waals surface area contributed by atoms with Crippen molar-refractivity contribution in [1.82, 2.24) is 10.3 Å². The average Bonchev–Trinajstić information content (AvgIpc) is 2.26. The van der Waals surface area contributed by atoms with E-state index in [0.717, 1.165) is 37.4 Å². The molecule has 1 saturated heterocycles. The van der Waals surface area contributed by atoms with Crippen LogP contribution in [0.3, 0.4) is 0 Å². The van der Waals surface area contributed by atoms with Gasteiger partial charge in [-0.25, -0.2) is 4.98 Å². The Bertz CT molecular complexity index is 446. The van der Waals surface area contributed by atoms with E-state index in [4.69, 9.17) is 0 Å². The van der Waals surface area contributed by atoms with Gasteiger partial charge in [0.2, 0.25) is 0 Å². The van der Waals surface area contributed by atoms with Crippen molar-refractivity contribution in [2.75, 3.05) is 24.5 Å². The first-order valence-corrected chi connectivity index (χ1v) is 6.22. The maximum Gasteiger partial charge on any atom is 0.287 e. The van der Waals surface area contributed by atoms with Gasteiger partial charge in [0.15, 0.2) is 0 Å². The first-order valence-electron chi connectivity index (χ1n) is 6.22. The molecule has 0 aliphatic carbocycles. The third-order valence-electron chi connectivity index (χ3n) is 3.18. The number of anilines is 1. The zero-order valence-corrected chi connectivity index (χ0v) is 10.7. The lowest BCUT2D eigenvalue weighted by Crippen LogP contribution is -2.58. The van der Waals surface area contributed by atoms with Gasteiger partial charge in [0.25, 0.3) is 5.69 Å². The van der Waals surface area contributed by atoms with Gasteiger partial charge in [0, 0.05) is 25.7 Å². The molecule has 0 bridgehead atoms. The SMILES string of the molecule is CCCN(c1ncc([N+](=O)[O-])cc1C)C1CNC1. The zero-order valence-electron chi connectivity index (χ0n) is 10.7. The van der Waals surface area contributed by atoms with Crippen LogP contribution in [0.1, 0.15) is 18.9 Å². The summed E-state index contributed by atoms with van der Waals surface area (Å²) in [5.74, 6) is 0.869. The van der Waals surface area contributed by atoms with Crippen molar-refractivity contribution in [3.8, 4) is 0 Å². The monoisotopic (exact) mass is 250 g/mol. The van der Waals surface area contributed by atoms with Crippen LogP contribution in [0.25, 0.3) is 0 Å². The molecule has 0 atom stereocenters. The van der Waals surface area contributed by atoms with Crippen LogP contribution in [0.4, 0.5) is 11.5 Å². The molecule has 0 radical (unpaired) electrons. The Morgan fingerprint density at radius 3 is 2.78 bits per heavy atom. The van der Waals surface area contributed by atoms with Gasteiger partial charge in [0.05, 0.1) is 11.0 Å². The number of nitrogens with one attached hydrogen (secondary N) is 1. The fraction of sp³-hybridized carbons (Fsp3) is 0.583. The van der Waals surface area contributed by atoms with E-state index >= 15 is 0 Å². The van der Waals surface area contributed by atoms with E-state index in [1.165, 1.54) is 6.20 Å². The normalized spacial score (nSPS) is 15.2. The summed E-state index contributed by atoms with van der Waals surface area (Å²) in [4.78, 5) is 16.8. The highest BCUT2D eigenvalue weighted by atomic mass is 16.6. The lowest BCUT2D eigenvalue weighted by atomic mass is 10.1. The molecule has 2 heterocycles. The molecular formula is C12H18N4O2. The predicted molar refractivity (Wildman–Crippen MR) is 69.9 cm³/mol. The van der Waals surface area contributed by atoms with E-state index in [9.17, 15) is 10.1 Å². The fourth-order valence-electron chi connectivity index (χ4n) is 2.15. The number of hydrogen-bond donors (Lipinski definition) is 1. The van der Waals surface area contributed by atoms with Crippen molar-refractivity contribution in [3.05, 3.63) is 27.9 Å². The van der Waals surface area contributed by atoms with Gasteiger partial charge >= 0.3 is 0 Å². The van der Waals surface area contributed by atoms with Crippen LogP contribution in [0.2, 0.25) is 0 Å². The highest BCUT2D eigenvalue weighted by Crippen LogP contribution is 2.24. The van der Waals surface area contributed by atoms with Gasteiger partial charge in [-0.1, -0.05) is 6.92 Å². The molecule has 2 rings (SSSR count). The second kappa shape index (κ2) is 5.30. The largest absolute Gasteiger partial charge is 0.351 e. The molecule has 0 saturated carbocycles. The van der Waals surface area contributed by atoms with Crippen molar-refractivity contribution in [2.24, 2.45) is 0 Å². The van der Waals surface area contributed by atoms with Crippen LogP contribution in [-0.2, 0) is 0 Å². The second-order valence-electron chi connectivity index (χ2n) is 4.60. The number of aromatic nitrogens is 1. The standard InChI is InChI=1S/C12H18N4O2/c1-3-4-15(11-6-13-7-11)12-9(2)5-10(8-14-12)16(17)18/h5,8,11,13H,3-4,6-7H2,1-2H3. The van der Waals surface area contributed by atoms with E-state index in [1.54, 1.807) is 6.07 Å². The summed E-state index contributed by atoms with van der Waals surface area (Å²) in [6, 6.07) is 2.05.